The van der Waals surface area contributed by atoms with Crippen LogP contribution in [0, 0.1) is 0 Å². The van der Waals surface area contributed by atoms with Gasteiger partial charge in [0.2, 0.25) is 0 Å². The summed E-state index contributed by atoms with van der Waals surface area (Å²) in [5.74, 6) is -0.911. The summed E-state index contributed by atoms with van der Waals surface area (Å²) in [6.45, 7) is 6.56. The normalized spacial score (nSPS) is 12.4. The van der Waals surface area contributed by atoms with E-state index in [1.807, 2.05) is 0 Å². The van der Waals surface area contributed by atoms with Crippen LogP contribution in [0.2, 0.25) is 0 Å². The molecule has 0 spiro atoms. The van der Waals surface area contributed by atoms with E-state index in [1.54, 1.807) is 0 Å². The van der Waals surface area contributed by atoms with Gasteiger partial charge in [0.25, 0.3) is 0 Å². The molecule has 0 amide bonds. The summed E-state index contributed by atoms with van der Waals surface area (Å²) in [4.78, 5) is 37.8. The molecule has 342 valence electrons. The average molecular weight is 827 g/mol. The number of allylic oxidation sites excluding steroid dienone is 8. The molecular formula is C53H94O6. The summed E-state index contributed by atoms with van der Waals surface area (Å²) in [7, 11) is 0. The van der Waals surface area contributed by atoms with Crippen LogP contribution in [0.5, 0.6) is 0 Å². The van der Waals surface area contributed by atoms with E-state index in [0.717, 1.165) is 96.3 Å². The fraction of sp³-hybridized carbons (Fsp3) is 0.792. The lowest BCUT2D eigenvalue weighted by Gasteiger charge is -2.18. The molecule has 0 saturated carbocycles. The first-order chi connectivity index (χ1) is 29.0. The van der Waals surface area contributed by atoms with E-state index >= 15 is 0 Å². The van der Waals surface area contributed by atoms with Crippen molar-refractivity contribution in [1.29, 1.82) is 0 Å². The van der Waals surface area contributed by atoms with E-state index in [-0.39, 0.29) is 31.1 Å². The second kappa shape index (κ2) is 48.0. The molecule has 0 radical (unpaired) electrons. The lowest BCUT2D eigenvalue weighted by atomic mass is 10.1. The minimum Gasteiger partial charge on any atom is -0.462 e. The van der Waals surface area contributed by atoms with Crippen LogP contribution in [0.3, 0.4) is 0 Å². The first-order valence-corrected chi connectivity index (χ1v) is 25.1. The van der Waals surface area contributed by atoms with E-state index in [1.165, 1.54) is 116 Å². The number of ether oxygens (including phenoxy) is 3. The Hall–Kier alpha value is -2.63. The Morgan fingerprint density at radius 1 is 0.339 bits per heavy atom. The highest BCUT2D eigenvalue weighted by atomic mass is 16.6. The van der Waals surface area contributed by atoms with Gasteiger partial charge in [-0.05, 0) is 83.5 Å². The van der Waals surface area contributed by atoms with Crippen LogP contribution in [-0.4, -0.2) is 37.2 Å². The summed E-state index contributed by atoms with van der Waals surface area (Å²) < 4.78 is 16.7. The van der Waals surface area contributed by atoms with Crippen LogP contribution in [0.4, 0.5) is 0 Å². The fourth-order valence-corrected chi connectivity index (χ4v) is 6.97. The minimum atomic E-state index is -0.782. The van der Waals surface area contributed by atoms with Crippen LogP contribution >= 0.6 is 0 Å². The number of esters is 3. The van der Waals surface area contributed by atoms with Gasteiger partial charge in [-0.3, -0.25) is 14.4 Å². The fourth-order valence-electron chi connectivity index (χ4n) is 6.97. The van der Waals surface area contributed by atoms with Gasteiger partial charge < -0.3 is 14.2 Å². The van der Waals surface area contributed by atoms with E-state index in [4.69, 9.17) is 14.2 Å². The molecule has 0 rings (SSSR count). The van der Waals surface area contributed by atoms with Crippen molar-refractivity contribution >= 4 is 17.9 Å². The highest BCUT2D eigenvalue weighted by Crippen LogP contribution is 2.14. The molecule has 6 heteroatoms. The van der Waals surface area contributed by atoms with Crippen molar-refractivity contribution in [3.05, 3.63) is 48.6 Å². The summed E-state index contributed by atoms with van der Waals surface area (Å²) >= 11 is 0. The molecule has 0 unspecified atom stereocenters. The molecule has 59 heavy (non-hydrogen) atoms. The zero-order valence-corrected chi connectivity index (χ0v) is 39.0. The molecule has 0 fully saturated rings. The zero-order chi connectivity index (χ0) is 43.0. The van der Waals surface area contributed by atoms with Crippen LogP contribution < -0.4 is 0 Å². The van der Waals surface area contributed by atoms with Crippen molar-refractivity contribution in [1.82, 2.24) is 0 Å². The molecule has 0 aromatic heterocycles. The van der Waals surface area contributed by atoms with Crippen LogP contribution in [0.1, 0.15) is 252 Å². The highest BCUT2D eigenvalue weighted by molar-refractivity contribution is 5.71. The van der Waals surface area contributed by atoms with Crippen molar-refractivity contribution in [3.8, 4) is 0 Å². The van der Waals surface area contributed by atoms with E-state index < -0.39 is 6.10 Å². The number of rotatable bonds is 45. The second-order valence-corrected chi connectivity index (χ2v) is 16.7. The lowest BCUT2D eigenvalue weighted by molar-refractivity contribution is -0.167. The lowest BCUT2D eigenvalue weighted by Crippen LogP contribution is -2.30. The first kappa shape index (κ1) is 56.4. The quantitative estimate of drug-likeness (QED) is 0.0263. The van der Waals surface area contributed by atoms with E-state index in [9.17, 15) is 14.4 Å². The summed E-state index contributed by atoms with van der Waals surface area (Å²) in [6, 6.07) is 0. The Labute approximate surface area is 365 Å². The topological polar surface area (TPSA) is 78.9 Å². The monoisotopic (exact) mass is 827 g/mol. The molecule has 0 aromatic carbocycles. The number of unbranched alkanes of at least 4 members (excludes halogenated alkanes) is 26. The van der Waals surface area contributed by atoms with Gasteiger partial charge in [-0.15, -0.1) is 0 Å². The molecule has 0 aliphatic rings. The Kier molecular flexibility index (Phi) is 45.9. The van der Waals surface area contributed by atoms with Crippen LogP contribution in [0.15, 0.2) is 48.6 Å². The van der Waals surface area contributed by atoms with E-state index in [2.05, 4.69) is 69.4 Å². The smallest absolute Gasteiger partial charge is 0.306 e. The van der Waals surface area contributed by atoms with E-state index in [0.29, 0.717) is 19.3 Å². The highest BCUT2D eigenvalue weighted by Gasteiger charge is 2.19. The third kappa shape index (κ3) is 46.3. The molecule has 0 aliphatic carbocycles. The summed E-state index contributed by atoms with van der Waals surface area (Å²) in [5.41, 5.74) is 0. The molecule has 1 atom stereocenters. The third-order valence-corrected chi connectivity index (χ3v) is 10.8. The van der Waals surface area contributed by atoms with Gasteiger partial charge in [0, 0.05) is 19.3 Å². The van der Waals surface area contributed by atoms with Gasteiger partial charge in [-0.1, -0.05) is 198 Å². The SMILES string of the molecule is CCCCC/C=C\C/C=C\C/C=C\CCCCCCC(=O)OC[C@@H](COC(=O)CCCCCCCCCCC)OC(=O)CCCCCCC/C=C\CCCCCCCC. The van der Waals surface area contributed by atoms with Gasteiger partial charge in [-0.25, -0.2) is 0 Å². The van der Waals surface area contributed by atoms with Gasteiger partial charge in [-0.2, -0.15) is 0 Å². The predicted molar refractivity (Wildman–Crippen MR) is 252 cm³/mol. The second-order valence-electron chi connectivity index (χ2n) is 16.7. The van der Waals surface area contributed by atoms with Crippen molar-refractivity contribution in [3.63, 3.8) is 0 Å². The largest absolute Gasteiger partial charge is 0.462 e. The number of hydrogen-bond acceptors (Lipinski definition) is 6. The predicted octanol–water partition coefficient (Wildman–Crippen LogP) is 16.3. The maximum absolute atomic E-state index is 12.8. The van der Waals surface area contributed by atoms with Crippen molar-refractivity contribution < 1.29 is 28.6 Å². The summed E-state index contributed by atoms with van der Waals surface area (Å²) in [5, 5.41) is 0. The van der Waals surface area contributed by atoms with Crippen LogP contribution in [0.25, 0.3) is 0 Å². The van der Waals surface area contributed by atoms with Crippen LogP contribution in [-0.2, 0) is 28.6 Å². The minimum absolute atomic E-state index is 0.0822. The average Bonchev–Trinajstić information content (AvgIpc) is 3.23. The van der Waals surface area contributed by atoms with Gasteiger partial charge in [0.1, 0.15) is 13.2 Å². The Bertz CT molecular complexity index is 1040. The Morgan fingerprint density at radius 2 is 0.610 bits per heavy atom. The molecular weight excluding hydrogens is 733 g/mol. The number of carbonyl (C=O) groups is 3. The molecule has 6 nitrogen and oxygen atoms in total. The molecule has 0 N–H and O–H groups in total. The third-order valence-electron chi connectivity index (χ3n) is 10.8. The summed E-state index contributed by atoms with van der Waals surface area (Å²) in [6.07, 6.45) is 56.6. The molecule has 0 saturated heterocycles. The van der Waals surface area contributed by atoms with Gasteiger partial charge in [0.15, 0.2) is 6.10 Å². The number of carbonyl (C=O) groups excluding carboxylic acids is 3. The molecule has 0 bridgehead atoms. The Morgan fingerprint density at radius 3 is 1.00 bits per heavy atom. The van der Waals surface area contributed by atoms with Gasteiger partial charge >= 0.3 is 17.9 Å². The maximum Gasteiger partial charge on any atom is 0.306 e. The standard InChI is InChI=1S/C53H94O6/c1-4-7-10-13-16-19-21-23-25-26-28-29-31-34-37-40-43-46-52(55)58-49-50(48-57-51(54)45-42-39-36-33-18-15-12-9-6-3)59-53(56)47-44-41-38-35-32-30-27-24-22-20-17-14-11-8-5-2/h16,19,23-25,27-29,50H,4-15,17-18,20-22,26,30-49H2,1-3H3/b19-16-,25-23-,27-24-,29-28-/t50-/m1/s1. The van der Waals surface area contributed by atoms with Crippen molar-refractivity contribution in [2.75, 3.05) is 13.2 Å². The van der Waals surface area contributed by atoms with Crippen molar-refractivity contribution in [2.45, 2.75) is 258 Å². The maximum atomic E-state index is 12.8. The Balaban J connectivity index is 4.38. The molecule has 0 aliphatic heterocycles. The molecule has 0 aromatic rings. The number of hydrogen-bond donors (Lipinski definition) is 0. The van der Waals surface area contributed by atoms with Gasteiger partial charge in [0.05, 0.1) is 0 Å². The first-order valence-electron chi connectivity index (χ1n) is 25.1. The molecule has 0 heterocycles. The zero-order valence-electron chi connectivity index (χ0n) is 39.0. The van der Waals surface area contributed by atoms with Crippen molar-refractivity contribution in [2.24, 2.45) is 0 Å².